The average Bonchev–Trinajstić information content (AvgIpc) is 2.80. The number of hydrogen-bond acceptors (Lipinski definition) is 3. The van der Waals surface area contributed by atoms with Crippen molar-refractivity contribution in [2.45, 2.75) is 25.8 Å². The van der Waals surface area contributed by atoms with Gasteiger partial charge in [-0.25, -0.2) is 4.79 Å². The first-order chi connectivity index (χ1) is 5.33. The number of carbonyl (C=O) groups excluding carboxylic acids is 1. The Bertz CT molecular complexity index is 123. The maximum absolute atomic E-state index is 9.69. The molecule has 0 amide bonds. The van der Waals surface area contributed by atoms with Crippen LogP contribution in [0.15, 0.2) is 0 Å². The van der Waals surface area contributed by atoms with Gasteiger partial charge in [0.2, 0.25) is 0 Å². The summed E-state index contributed by atoms with van der Waals surface area (Å²) < 4.78 is 4.50. The van der Waals surface area contributed by atoms with Crippen molar-refractivity contribution in [2.24, 2.45) is 5.92 Å². The first-order valence-electron chi connectivity index (χ1n) is 4.05. The lowest BCUT2D eigenvalue weighted by Gasteiger charge is -2.09. The summed E-state index contributed by atoms with van der Waals surface area (Å²) in [5.74, 6) is 0.400. The van der Waals surface area contributed by atoms with Crippen LogP contribution in [-0.2, 0) is 9.53 Å². The number of ether oxygens (including phenoxy) is 1. The zero-order valence-corrected chi connectivity index (χ0v) is 6.80. The summed E-state index contributed by atoms with van der Waals surface area (Å²) in [5.41, 5.74) is 0. The molecule has 1 aliphatic rings. The standard InChI is InChI=1S/C8H14NO2/c1-7(5-11-6-10)4-9-8-2-3-8/h7-9H,2-5H2,1H3. The van der Waals surface area contributed by atoms with E-state index < -0.39 is 0 Å². The summed E-state index contributed by atoms with van der Waals surface area (Å²) in [5, 5.41) is 3.36. The average molecular weight is 156 g/mol. The van der Waals surface area contributed by atoms with Gasteiger partial charge >= 0.3 is 6.47 Å². The highest BCUT2D eigenvalue weighted by Crippen LogP contribution is 2.18. The molecular formula is C8H14NO2. The van der Waals surface area contributed by atoms with E-state index in [1.165, 1.54) is 19.3 Å². The molecule has 1 aliphatic carbocycles. The van der Waals surface area contributed by atoms with E-state index in [4.69, 9.17) is 0 Å². The molecule has 0 saturated heterocycles. The Kier molecular flexibility index (Phi) is 3.36. The fourth-order valence-corrected chi connectivity index (χ4v) is 0.891. The molecule has 3 nitrogen and oxygen atoms in total. The Morgan fingerprint density at radius 3 is 3.00 bits per heavy atom. The maximum atomic E-state index is 9.69. The van der Waals surface area contributed by atoms with Crippen LogP contribution in [0.4, 0.5) is 0 Å². The molecule has 1 saturated carbocycles. The molecule has 0 heterocycles. The largest absolute Gasteiger partial charge is 0.457 e. The molecule has 63 valence electrons. The molecule has 1 rings (SSSR count). The summed E-state index contributed by atoms with van der Waals surface area (Å²) >= 11 is 0. The van der Waals surface area contributed by atoms with E-state index in [9.17, 15) is 4.79 Å². The fourth-order valence-electron chi connectivity index (χ4n) is 0.891. The van der Waals surface area contributed by atoms with Crippen molar-refractivity contribution in [2.75, 3.05) is 13.2 Å². The second-order valence-electron chi connectivity index (χ2n) is 3.18. The topological polar surface area (TPSA) is 38.3 Å². The zero-order chi connectivity index (χ0) is 8.10. The SMILES string of the molecule is CC(CNC1CC1)CO[C]=O. The van der Waals surface area contributed by atoms with Crippen LogP contribution in [0.25, 0.3) is 0 Å². The van der Waals surface area contributed by atoms with Gasteiger partial charge in [0.25, 0.3) is 0 Å². The molecule has 0 aliphatic heterocycles. The van der Waals surface area contributed by atoms with Gasteiger partial charge in [0, 0.05) is 18.5 Å². The maximum Gasteiger partial charge on any atom is 0.417 e. The van der Waals surface area contributed by atoms with E-state index in [0.717, 1.165) is 12.6 Å². The van der Waals surface area contributed by atoms with Crippen LogP contribution in [-0.4, -0.2) is 25.7 Å². The second-order valence-corrected chi connectivity index (χ2v) is 3.18. The molecule has 0 bridgehead atoms. The molecule has 0 aromatic heterocycles. The predicted octanol–water partition coefficient (Wildman–Crippen LogP) is 0.458. The van der Waals surface area contributed by atoms with Gasteiger partial charge in [-0.2, -0.15) is 0 Å². The summed E-state index contributed by atoms with van der Waals surface area (Å²) in [4.78, 5) is 9.69. The van der Waals surface area contributed by atoms with Gasteiger partial charge in [0.1, 0.15) is 0 Å². The predicted molar refractivity (Wildman–Crippen MR) is 41.8 cm³/mol. The zero-order valence-electron chi connectivity index (χ0n) is 6.80. The quantitative estimate of drug-likeness (QED) is 0.607. The summed E-state index contributed by atoms with van der Waals surface area (Å²) in [6, 6.07) is 0.734. The Labute approximate surface area is 67.1 Å². The molecule has 3 heteroatoms. The van der Waals surface area contributed by atoms with Crippen molar-refractivity contribution in [1.82, 2.24) is 5.32 Å². The molecule has 1 fully saturated rings. The van der Waals surface area contributed by atoms with Crippen LogP contribution in [0.5, 0.6) is 0 Å². The van der Waals surface area contributed by atoms with Gasteiger partial charge in [-0.1, -0.05) is 6.92 Å². The van der Waals surface area contributed by atoms with Crippen molar-refractivity contribution < 1.29 is 9.53 Å². The minimum Gasteiger partial charge on any atom is -0.457 e. The van der Waals surface area contributed by atoms with Crippen molar-refractivity contribution in [3.8, 4) is 0 Å². The van der Waals surface area contributed by atoms with Gasteiger partial charge in [0.15, 0.2) is 0 Å². The fraction of sp³-hybridized carbons (Fsp3) is 0.875. The molecule has 1 N–H and O–H groups in total. The third-order valence-electron chi connectivity index (χ3n) is 1.76. The molecule has 11 heavy (non-hydrogen) atoms. The molecule has 1 atom stereocenters. The van der Waals surface area contributed by atoms with Crippen LogP contribution < -0.4 is 5.32 Å². The highest BCUT2D eigenvalue weighted by molar-refractivity contribution is 5.38. The molecule has 1 unspecified atom stereocenters. The smallest absolute Gasteiger partial charge is 0.417 e. The van der Waals surface area contributed by atoms with E-state index in [1.807, 2.05) is 6.92 Å². The molecule has 0 aromatic rings. The van der Waals surface area contributed by atoms with Crippen molar-refractivity contribution in [3.63, 3.8) is 0 Å². The Morgan fingerprint density at radius 2 is 2.45 bits per heavy atom. The number of nitrogens with one attached hydrogen (secondary N) is 1. The van der Waals surface area contributed by atoms with E-state index in [-0.39, 0.29) is 0 Å². The first-order valence-corrected chi connectivity index (χ1v) is 4.05. The molecule has 0 aromatic carbocycles. The van der Waals surface area contributed by atoms with Crippen LogP contribution >= 0.6 is 0 Å². The van der Waals surface area contributed by atoms with E-state index in [2.05, 4.69) is 10.1 Å². The van der Waals surface area contributed by atoms with Gasteiger partial charge in [0.05, 0.1) is 6.61 Å². The normalized spacial score (nSPS) is 19.4. The van der Waals surface area contributed by atoms with Crippen molar-refractivity contribution in [1.29, 1.82) is 0 Å². The third-order valence-corrected chi connectivity index (χ3v) is 1.76. The number of rotatable bonds is 6. The van der Waals surface area contributed by atoms with Crippen molar-refractivity contribution >= 4 is 6.47 Å². The van der Waals surface area contributed by atoms with Gasteiger partial charge in [-0.3, -0.25) is 0 Å². The van der Waals surface area contributed by atoms with Crippen molar-refractivity contribution in [3.05, 3.63) is 0 Å². The van der Waals surface area contributed by atoms with Crippen LogP contribution in [0.2, 0.25) is 0 Å². The monoisotopic (exact) mass is 156 g/mol. The third kappa shape index (κ3) is 3.98. The van der Waals surface area contributed by atoms with Crippen LogP contribution in [0.1, 0.15) is 19.8 Å². The molecule has 0 spiro atoms. The summed E-state index contributed by atoms with van der Waals surface area (Å²) in [6.45, 7) is 4.88. The van der Waals surface area contributed by atoms with Gasteiger partial charge in [-0.05, 0) is 12.8 Å². The molecule has 1 radical (unpaired) electrons. The van der Waals surface area contributed by atoms with E-state index >= 15 is 0 Å². The Morgan fingerprint density at radius 1 is 1.73 bits per heavy atom. The van der Waals surface area contributed by atoms with Crippen LogP contribution in [0, 0.1) is 5.92 Å². The number of hydrogen-bond donors (Lipinski definition) is 1. The van der Waals surface area contributed by atoms with E-state index in [0.29, 0.717) is 12.5 Å². The summed E-state index contributed by atoms with van der Waals surface area (Å²) in [6.07, 6.45) is 2.60. The molecular weight excluding hydrogens is 142 g/mol. The van der Waals surface area contributed by atoms with E-state index in [1.54, 1.807) is 0 Å². The first kappa shape index (κ1) is 8.53. The second kappa shape index (κ2) is 4.34. The van der Waals surface area contributed by atoms with Gasteiger partial charge in [-0.15, -0.1) is 0 Å². The van der Waals surface area contributed by atoms with Gasteiger partial charge < -0.3 is 10.1 Å². The lowest BCUT2D eigenvalue weighted by molar-refractivity contribution is 0.228. The minimum atomic E-state index is 0.400. The highest BCUT2D eigenvalue weighted by Gasteiger charge is 2.20. The van der Waals surface area contributed by atoms with Crippen LogP contribution in [0.3, 0.4) is 0 Å². The highest BCUT2D eigenvalue weighted by atomic mass is 16.5. The summed E-state index contributed by atoms with van der Waals surface area (Å²) in [7, 11) is 0. The minimum absolute atomic E-state index is 0.400. The lowest BCUT2D eigenvalue weighted by atomic mass is 10.2. The Hall–Kier alpha value is -0.570. The lowest BCUT2D eigenvalue weighted by Crippen LogP contribution is -2.25. The Balaban J connectivity index is 1.90.